The van der Waals surface area contributed by atoms with Crippen molar-refractivity contribution in [1.82, 2.24) is 9.80 Å². The van der Waals surface area contributed by atoms with Gasteiger partial charge in [-0.2, -0.15) is 0 Å². The maximum absolute atomic E-state index is 13.1. The minimum atomic E-state index is -1.41. The molecule has 1 aliphatic rings. The van der Waals surface area contributed by atoms with Crippen molar-refractivity contribution in [3.63, 3.8) is 0 Å². The SMILES string of the molecule is CN1C(=O)[C@@](C)(CC(=O)O)N(C(=O)c2ccccc2)[C@H]1C(C)(C)C. The van der Waals surface area contributed by atoms with Gasteiger partial charge in [-0.1, -0.05) is 39.0 Å². The summed E-state index contributed by atoms with van der Waals surface area (Å²) < 4.78 is 0. The minimum absolute atomic E-state index is 0.336. The second kappa shape index (κ2) is 5.92. The Bertz CT molecular complexity index is 665. The van der Waals surface area contributed by atoms with Gasteiger partial charge in [0.2, 0.25) is 5.91 Å². The standard InChI is InChI=1S/C18H24N2O4/c1-17(2,3)15-19(5)16(24)18(4,11-13(21)22)20(15)14(23)12-9-7-6-8-10-12/h6-10,15H,11H2,1-5H3,(H,21,22)/t15-,18+/m0/s1. The van der Waals surface area contributed by atoms with Crippen molar-refractivity contribution in [3.05, 3.63) is 35.9 Å². The van der Waals surface area contributed by atoms with Crippen LogP contribution < -0.4 is 0 Å². The molecule has 0 saturated carbocycles. The van der Waals surface area contributed by atoms with Crippen LogP contribution in [0, 0.1) is 5.41 Å². The fraction of sp³-hybridized carbons (Fsp3) is 0.500. The van der Waals surface area contributed by atoms with Crippen LogP contribution in [0.3, 0.4) is 0 Å². The van der Waals surface area contributed by atoms with E-state index < -0.39 is 29.5 Å². The number of nitrogens with zero attached hydrogens (tertiary/aromatic N) is 2. The summed E-state index contributed by atoms with van der Waals surface area (Å²) in [5, 5.41) is 9.29. The number of carbonyl (C=O) groups excluding carboxylic acids is 2. The first-order valence-corrected chi connectivity index (χ1v) is 7.88. The van der Waals surface area contributed by atoms with E-state index >= 15 is 0 Å². The molecule has 1 aromatic carbocycles. The molecule has 0 aromatic heterocycles. The molecule has 24 heavy (non-hydrogen) atoms. The molecule has 0 aliphatic carbocycles. The number of carboxylic acids is 1. The zero-order valence-corrected chi connectivity index (χ0v) is 14.7. The van der Waals surface area contributed by atoms with Crippen LogP contribution in [0.5, 0.6) is 0 Å². The second-order valence-electron chi connectivity index (χ2n) is 7.54. The Labute approximate surface area is 142 Å². The van der Waals surface area contributed by atoms with E-state index in [0.29, 0.717) is 5.56 Å². The van der Waals surface area contributed by atoms with Crippen LogP contribution in [0.1, 0.15) is 44.5 Å². The number of benzene rings is 1. The first kappa shape index (κ1) is 18.0. The predicted molar refractivity (Wildman–Crippen MR) is 89.3 cm³/mol. The number of aliphatic carboxylic acids is 1. The summed E-state index contributed by atoms with van der Waals surface area (Å²) in [6.07, 6.45) is -0.955. The van der Waals surface area contributed by atoms with Crippen molar-refractivity contribution in [2.24, 2.45) is 5.41 Å². The van der Waals surface area contributed by atoms with Crippen LogP contribution in [-0.4, -0.2) is 51.4 Å². The maximum atomic E-state index is 13.1. The number of amides is 2. The van der Waals surface area contributed by atoms with Crippen LogP contribution >= 0.6 is 0 Å². The van der Waals surface area contributed by atoms with Gasteiger partial charge in [-0.3, -0.25) is 14.4 Å². The first-order chi connectivity index (χ1) is 11.0. The van der Waals surface area contributed by atoms with E-state index in [1.165, 1.54) is 16.7 Å². The highest BCUT2D eigenvalue weighted by Crippen LogP contribution is 2.41. The first-order valence-electron chi connectivity index (χ1n) is 7.88. The Morgan fingerprint density at radius 2 is 1.75 bits per heavy atom. The van der Waals surface area contributed by atoms with Crippen LogP contribution in [0.25, 0.3) is 0 Å². The normalized spacial score (nSPS) is 24.4. The Balaban J connectivity index is 2.60. The highest BCUT2D eigenvalue weighted by molar-refractivity contribution is 6.03. The summed E-state index contributed by atoms with van der Waals surface area (Å²) in [6.45, 7) is 7.32. The molecule has 2 atom stereocenters. The zero-order chi connectivity index (χ0) is 18.3. The van der Waals surface area contributed by atoms with Gasteiger partial charge in [-0.25, -0.2) is 0 Å². The summed E-state index contributed by atoms with van der Waals surface area (Å²) in [5.41, 5.74) is -1.40. The molecule has 1 aliphatic heterocycles. The van der Waals surface area contributed by atoms with Crippen molar-refractivity contribution in [2.45, 2.75) is 45.8 Å². The van der Waals surface area contributed by atoms with Gasteiger partial charge in [0.15, 0.2) is 0 Å². The molecule has 1 aromatic rings. The number of carbonyl (C=O) groups is 3. The number of rotatable bonds is 3. The molecular formula is C18H24N2O4. The zero-order valence-electron chi connectivity index (χ0n) is 14.7. The molecule has 0 radical (unpaired) electrons. The molecule has 1 fully saturated rings. The van der Waals surface area contributed by atoms with E-state index in [4.69, 9.17) is 0 Å². The Morgan fingerprint density at radius 1 is 1.21 bits per heavy atom. The Hall–Kier alpha value is -2.37. The van der Waals surface area contributed by atoms with E-state index in [2.05, 4.69) is 0 Å². The summed E-state index contributed by atoms with van der Waals surface area (Å²) in [5.74, 6) is -1.80. The van der Waals surface area contributed by atoms with Gasteiger partial charge in [0.05, 0.1) is 6.42 Å². The number of likely N-dealkylation sites (N-methyl/N-ethyl adjacent to an activating group) is 1. The van der Waals surface area contributed by atoms with Gasteiger partial charge in [0, 0.05) is 18.0 Å². The molecule has 1 saturated heterocycles. The van der Waals surface area contributed by atoms with E-state index in [1.807, 2.05) is 20.8 Å². The summed E-state index contributed by atoms with van der Waals surface area (Å²) in [6, 6.07) is 8.64. The number of hydrogen-bond acceptors (Lipinski definition) is 3. The molecule has 0 spiro atoms. The highest BCUT2D eigenvalue weighted by atomic mass is 16.4. The predicted octanol–water partition coefficient (Wildman–Crippen LogP) is 2.21. The van der Waals surface area contributed by atoms with Crippen LogP contribution in [0.2, 0.25) is 0 Å². The fourth-order valence-corrected chi connectivity index (χ4v) is 3.52. The summed E-state index contributed by atoms with van der Waals surface area (Å²) in [4.78, 5) is 40.3. The lowest BCUT2D eigenvalue weighted by Gasteiger charge is -2.41. The molecule has 130 valence electrons. The van der Waals surface area contributed by atoms with Gasteiger partial charge in [-0.15, -0.1) is 0 Å². The molecule has 1 N–H and O–H groups in total. The van der Waals surface area contributed by atoms with Gasteiger partial charge < -0.3 is 14.9 Å². The quantitative estimate of drug-likeness (QED) is 0.920. The van der Waals surface area contributed by atoms with Crippen molar-refractivity contribution in [1.29, 1.82) is 0 Å². The van der Waals surface area contributed by atoms with E-state index in [9.17, 15) is 19.5 Å². The molecule has 1 heterocycles. The molecule has 2 rings (SSSR count). The molecule has 2 amide bonds. The third-order valence-corrected chi connectivity index (χ3v) is 4.43. The fourth-order valence-electron chi connectivity index (χ4n) is 3.52. The van der Waals surface area contributed by atoms with Crippen molar-refractivity contribution in [2.75, 3.05) is 7.05 Å². The third-order valence-electron chi connectivity index (χ3n) is 4.43. The lowest BCUT2D eigenvalue weighted by Crippen LogP contribution is -2.55. The van der Waals surface area contributed by atoms with Crippen LogP contribution in [0.4, 0.5) is 0 Å². The number of carboxylic acid groups (broad SMARTS) is 1. The number of hydrogen-bond donors (Lipinski definition) is 1. The Morgan fingerprint density at radius 3 is 2.21 bits per heavy atom. The van der Waals surface area contributed by atoms with Gasteiger partial charge in [-0.05, 0) is 19.1 Å². The van der Waals surface area contributed by atoms with Gasteiger partial charge in [0.1, 0.15) is 11.7 Å². The lowest BCUT2D eigenvalue weighted by atomic mass is 9.88. The van der Waals surface area contributed by atoms with Gasteiger partial charge in [0.25, 0.3) is 5.91 Å². The average molecular weight is 332 g/mol. The minimum Gasteiger partial charge on any atom is -0.481 e. The monoisotopic (exact) mass is 332 g/mol. The van der Waals surface area contributed by atoms with Gasteiger partial charge >= 0.3 is 5.97 Å². The Kier molecular flexibility index (Phi) is 4.44. The molecular weight excluding hydrogens is 308 g/mol. The van der Waals surface area contributed by atoms with E-state index in [-0.39, 0.29) is 11.8 Å². The lowest BCUT2D eigenvalue weighted by molar-refractivity contribution is -0.144. The topological polar surface area (TPSA) is 77.9 Å². The summed E-state index contributed by atoms with van der Waals surface area (Å²) >= 11 is 0. The summed E-state index contributed by atoms with van der Waals surface area (Å²) in [7, 11) is 1.62. The van der Waals surface area contributed by atoms with Crippen LogP contribution in [0.15, 0.2) is 30.3 Å². The van der Waals surface area contributed by atoms with Crippen molar-refractivity contribution < 1.29 is 19.5 Å². The molecule has 6 heteroatoms. The molecule has 0 unspecified atom stereocenters. The second-order valence-corrected chi connectivity index (χ2v) is 7.54. The van der Waals surface area contributed by atoms with Crippen LogP contribution in [-0.2, 0) is 9.59 Å². The average Bonchev–Trinajstić information content (AvgIpc) is 2.67. The third kappa shape index (κ3) is 2.88. The molecule has 0 bridgehead atoms. The van der Waals surface area contributed by atoms with Crippen molar-refractivity contribution >= 4 is 17.8 Å². The van der Waals surface area contributed by atoms with Crippen molar-refractivity contribution in [3.8, 4) is 0 Å². The van der Waals surface area contributed by atoms with E-state index in [1.54, 1.807) is 37.4 Å². The maximum Gasteiger partial charge on any atom is 0.306 e. The molecule has 6 nitrogen and oxygen atoms in total. The highest BCUT2D eigenvalue weighted by Gasteiger charge is 2.59. The smallest absolute Gasteiger partial charge is 0.306 e. The largest absolute Gasteiger partial charge is 0.481 e. The van der Waals surface area contributed by atoms with E-state index in [0.717, 1.165) is 0 Å².